The number of hydrogen-bond donors (Lipinski definition) is 1. The smallest absolute Gasteiger partial charge is 0.243 e. The molecule has 1 aliphatic heterocycles. The molecule has 1 aromatic heterocycles. The van der Waals surface area contributed by atoms with Gasteiger partial charge in [0.05, 0.1) is 13.1 Å². The third kappa shape index (κ3) is 3.00. The molecular formula is C13H17BrN2O2S. The Labute approximate surface area is 125 Å². The van der Waals surface area contributed by atoms with E-state index in [1.54, 1.807) is 16.2 Å². The molecule has 0 aromatic carbocycles. The number of thiophene rings is 1. The van der Waals surface area contributed by atoms with Gasteiger partial charge >= 0.3 is 0 Å². The summed E-state index contributed by atoms with van der Waals surface area (Å²) in [6.45, 7) is 4.66. The molecular weight excluding hydrogens is 328 g/mol. The highest BCUT2D eigenvalue weighted by molar-refractivity contribution is 9.10. The molecule has 1 aromatic rings. The average molecular weight is 345 g/mol. The van der Waals surface area contributed by atoms with Crippen molar-refractivity contribution in [3.05, 3.63) is 20.8 Å². The predicted molar refractivity (Wildman–Crippen MR) is 78.8 cm³/mol. The van der Waals surface area contributed by atoms with Gasteiger partial charge in [0.15, 0.2) is 0 Å². The number of rotatable bonds is 4. The maximum atomic E-state index is 12.1. The number of carbonyl (C=O) groups is 2. The molecule has 0 saturated carbocycles. The first-order chi connectivity index (χ1) is 9.04. The third-order valence-electron chi connectivity index (χ3n) is 3.53. The first-order valence-electron chi connectivity index (χ1n) is 6.33. The number of halogens is 1. The standard InChI is InChI=1S/C13H17BrN2O2S/c1-3-8(2)12-13(18)15-6-11(17)16(12)7-10-9(14)4-5-19-10/h4-5,8,12H,3,6-7H2,1-2H3,(H,15,18). The van der Waals surface area contributed by atoms with Crippen molar-refractivity contribution in [3.63, 3.8) is 0 Å². The van der Waals surface area contributed by atoms with Crippen LogP contribution in [0.25, 0.3) is 0 Å². The zero-order valence-corrected chi connectivity index (χ0v) is 13.4. The second-order valence-electron chi connectivity index (χ2n) is 4.76. The van der Waals surface area contributed by atoms with E-state index in [4.69, 9.17) is 0 Å². The van der Waals surface area contributed by atoms with Crippen LogP contribution in [0.3, 0.4) is 0 Å². The highest BCUT2D eigenvalue weighted by Gasteiger charge is 2.37. The van der Waals surface area contributed by atoms with Crippen LogP contribution in [0.2, 0.25) is 0 Å². The number of amides is 2. The lowest BCUT2D eigenvalue weighted by Crippen LogP contribution is -2.60. The van der Waals surface area contributed by atoms with Crippen LogP contribution < -0.4 is 5.32 Å². The molecule has 0 aliphatic carbocycles. The fraction of sp³-hybridized carbons (Fsp3) is 0.538. The van der Waals surface area contributed by atoms with Crippen molar-refractivity contribution in [2.75, 3.05) is 6.54 Å². The van der Waals surface area contributed by atoms with Gasteiger partial charge < -0.3 is 10.2 Å². The van der Waals surface area contributed by atoms with Crippen molar-refractivity contribution < 1.29 is 9.59 Å². The fourth-order valence-corrected chi connectivity index (χ4v) is 3.71. The van der Waals surface area contributed by atoms with Gasteiger partial charge in [0.25, 0.3) is 0 Å². The highest BCUT2D eigenvalue weighted by atomic mass is 79.9. The van der Waals surface area contributed by atoms with Crippen LogP contribution in [0.15, 0.2) is 15.9 Å². The van der Waals surface area contributed by atoms with Crippen molar-refractivity contribution in [1.82, 2.24) is 10.2 Å². The van der Waals surface area contributed by atoms with Crippen LogP contribution in [0.1, 0.15) is 25.1 Å². The number of carbonyl (C=O) groups excluding carboxylic acids is 2. The van der Waals surface area contributed by atoms with Crippen LogP contribution in [0, 0.1) is 5.92 Å². The van der Waals surface area contributed by atoms with E-state index in [0.717, 1.165) is 15.8 Å². The van der Waals surface area contributed by atoms with Gasteiger partial charge in [-0.25, -0.2) is 0 Å². The van der Waals surface area contributed by atoms with Crippen LogP contribution in [-0.4, -0.2) is 29.3 Å². The third-order valence-corrected chi connectivity index (χ3v) is 5.44. The first-order valence-corrected chi connectivity index (χ1v) is 8.01. The lowest BCUT2D eigenvalue weighted by molar-refractivity contribution is -0.148. The summed E-state index contributed by atoms with van der Waals surface area (Å²) in [7, 11) is 0. The summed E-state index contributed by atoms with van der Waals surface area (Å²) in [5, 5.41) is 4.66. The van der Waals surface area contributed by atoms with E-state index < -0.39 is 0 Å². The van der Waals surface area contributed by atoms with E-state index in [1.165, 1.54) is 0 Å². The van der Waals surface area contributed by atoms with E-state index in [2.05, 4.69) is 21.2 Å². The van der Waals surface area contributed by atoms with Crippen molar-refractivity contribution in [2.24, 2.45) is 5.92 Å². The van der Waals surface area contributed by atoms with Gasteiger partial charge in [-0.1, -0.05) is 20.3 Å². The van der Waals surface area contributed by atoms with Crippen molar-refractivity contribution in [3.8, 4) is 0 Å². The molecule has 2 atom stereocenters. The maximum absolute atomic E-state index is 12.1. The van der Waals surface area contributed by atoms with Gasteiger partial charge in [-0.15, -0.1) is 11.3 Å². The Morgan fingerprint density at radius 2 is 2.32 bits per heavy atom. The van der Waals surface area contributed by atoms with Gasteiger partial charge in [-0.2, -0.15) is 0 Å². The molecule has 1 fully saturated rings. The summed E-state index contributed by atoms with van der Waals surface area (Å²) in [6.07, 6.45) is 0.869. The Kier molecular flexibility index (Phi) is 4.62. The Morgan fingerprint density at radius 3 is 2.89 bits per heavy atom. The minimum absolute atomic E-state index is 0.00907. The van der Waals surface area contributed by atoms with E-state index in [1.807, 2.05) is 25.3 Å². The van der Waals surface area contributed by atoms with E-state index in [9.17, 15) is 9.59 Å². The summed E-state index contributed by atoms with van der Waals surface area (Å²) in [4.78, 5) is 27.0. The monoisotopic (exact) mass is 344 g/mol. The SMILES string of the molecule is CCC(C)C1C(=O)NCC(=O)N1Cc1sccc1Br. The quantitative estimate of drug-likeness (QED) is 0.911. The molecule has 0 spiro atoms. The normalized spacial score (nSPS) is 21.4. The lowest BCUT2D eigenvalue weighted by atomic mass is 9.95. The van der Waals surface area contributed by atoms with Gasteiger partial charge in [0, 0.05) is 9.35 Å². The van der Waals surface area contributed by atoms with E-state index in [0.29, 0.717) is 6.54 Å². The number of piperazine rings is 1. The molecule has 0 bridgehead atoms. The zero-order chi connectivity index (χ0) is 14.0. The van der Waals surface area contributed by atoms with Gasteiger partial charge in [-0.05, 0) is 33.3 Å². The molecule has 104 valence electrons. The minimum Gasteiger partial charge on any atom is -0.345 e. The molecule has 0 radical (unpaired) electrons. The molecule has 1 saturated heterocycles. The maximum Gasteiger partial charge on any atom is 0.243 e. The van der Waals surface area contributed by atoms with Crippen LogP contribution in [0.4, 0.5) is 0 Å². The minimum atomic E-state index is -0.361. The molecule has 19 heavy (non-hydrogen) atoms. The first kappa shape index (κ1) is 14.5. The Morgan fingerprint density at radius 1 is 1.58 bits per heavy atom. The van der Waals surface area contributed by atoms with Crippen LogP contribution >= 0.6 is 27.3 Å². The zero-order valence-electron chi connectivity index (χ0n) is 11.0. The second kappa shape index (κ2) is 6.05. The fourth-order valence-electron chi connectivity index (χ4n) is 2.23. The Bertz CT molecular complexity index is 489. The molecule has 4 nitrogen and oxygen atoms in total. The van der Waals surface area contributed by atoms with Gasteiger partial charge in [-0.3, -0.25) is 9.59 Å². The topological polar surface area (TPSA) is 49.4 Å². The Balaban J connectivity index is 2.24. The van der Waals surface area contributed by atoms with Crippen molar-refractivity contribution in [2.45, 2.75) is 32.9 Å². The van der Waals surface area contributed by atoms with Gasteiger partial charge in [0.1, 0.15) is 6.04 Å². The molecule has 2 heterocycles. The highest BCUT2D eigenvalue weighted by Crippen LogP contribution is 2.27. The summed E-state index contributed by atoms with van der Waals surface area (Å²) in [5.74, 6) is 0.106. The molecule has 2 amide bonds. The molecule has 6 heteroatoms. The van der Waals surface area contributed by atoms with Crippen molar-refractivity contribution >= 4 is 39.1 Å². The molecule has 1 aliphatic rings. The summed E-state index contributed by atoms with van der Waals surface area (Å²) >= 11 is 5.07. The molecule has 2 rings (SSSR count). The average Bonchev–Trinajstić information content (AvgIpc) is 2.79. The van der Waals surface area contributed by atoms with Crippen LogP contribution in [0.5, 0.6) is 0 Å². The molecule has 2 unspecified atom stereocenters. The van der Waals surface area contributed by atoms with Crippen LogP contribution in [-0.2, 0) is 16.1 Å². The number of nitrogens with zero attached hydrogens (tertiary/aromatic N) is 1. The Hall–Kier alpha value is -0.880. The number of nitrogens with one attached hydrogen (secondary N) is 1. The summed E-state index contributed by atoms with van der Waals surface area (Å²) in [6, 6.07) is 1.60. The summed E-state index contributed by atoms with van der Waals surface area (Å²) in [5.41, 5.74) is 0. The van der Waals surface area contributed by atoms with E-state index >= 15 is 0 Å². The predicted octanol–water partition coefficient (Wildman–Crippen LogP) is 2.38. The second-order valence-corrected chi connectivity index (χ2v) is 6.62. The lowest BCUT2D eigenvalue weighted by Gasteiger charge is -2.37. The van der Waals surface area contributed by atoms with E-state index in [-0.39, 0.29) is 30.3 Å². The van der Waals surface area contributed by atoms with Crippen molar-refractivity contribution in [1.29, 1.82) is 0 Å². The summed E-state index contributed by atoms with van der Waals surface area (Å²) < 4.78 is 0.999. The number of hydrogen-bond acceptors (Lipinski definition) is 3. The molecule has 1 N–H and O–H groups in total. The van der Waals surface area contributed by atoms with Gasteiger partial charge in [0.2, 0.25) is 11.8 Å². The largest absolute Gasteiger partial charge is 0.345 e.